The lowest BCUT2D eigenvalue weighted by atomic mass is 10.0. The molecule has 0 saturated carbocycles. The molecule has 0 fully saturated rings. The van der Waals surface area contributed by atoms with Crippen LogP contribution in [0.4, 0.5) is 5.82 Å². The number of fused-ring (bicyclic) bond motifs is 1. The molecule has 1 amide bonds. The summed E-state index contributed by atoms with van der Waals surface area (Å²) >= 11 is 6.04. The highest BCUT2D eigenvalue weighted by Crippen LogP contribution is 2.25. The van der Waals surface area contributed by atoms with Gasteiger partial charge in [0.05, 0.1) is 6.04 Å². The van der Waals surface area contributed by atoms with Crippen molar-refractivity contribution in [3.8, 4) is 0 Å². The van der Waals surface area contributed by atoms with E-state index in [0.717, 1.165) is 5.56 Å². The van der Waals surface area contributed by atoms with Gasteiger partial charge in [-0.2, -0.15) is 0 Å². The Kier molecular flexibility index (Phi) is 4.81. The standard InChI is InChI=1S/C18H17ClN4O2/c1-3-14(12-7-5-4-6-8-12)23-17-13(9-10-15(19)22-17)21-16(18(23)25)20-11(2)24/h4-10,14H,3H2,1-2H3,(H,20,21,24). The van der Waals surface area contributed by atoms with Crippen molar-refractivity contribution in [2.24, 2.45) is 0 Å². The molecular weight excluding hydrogens is 340 g/mol. The number of rotatable bonds is 4. The van der Waals surface area contributed by atoms with Crippen molar-refractivity contribution in [1.29, 1.82) is 0 Å². The lowest BCUT2D eigenvalue weighted by molar-refractivity contribution is -0.114. The zero-order valence-electron chi connectivity index (χ0n) is 13.9. The summed E-state index contributed by atoms with van der Waals surface area (Å²) in [6, 6.07) is 12.7. The van der Waals surface area contributed by atoms with E-state index in [9.17, 15) is 9.59 Å². The highest BCUT2D eigenvalue weighted by atomic mass is 35.5. The predicted octanol–water partition coefficient (Wildman–Crippen LogP) is 3.40. The molecule has 0 aliphatic heterocycles. The maximum atomic E-state index is 13.0. The Bertz CT molecular complexity index is 986. The first-order valence-electron chi connectivity index (χ1n) is 7.92. The second-order valence-corrected chi connectivity index (χ2v) is 6.02. The molecule has 3 aromatic rings. The SMILES string of the molecule is CCC(c1ccccc1)n1c(=O)c(NC(C)=O)nc2ccc(Cl)nc21. The van der Waals surface area contributed by atoms with Crippen LogP contribution in [0.25, 0.3) is 11.2 Å². The number of pyridine rings is 1. The van der Waals surface area contributed by atoms with Gasteiger partial charge in [-0.05, 0) is 24.1 Å². The van der Waals surface area contributed by atoms with Gasteiger partial charge in [0.25, 0.3) is 5.56 Å². The fraction of sp³-hybridized carbons (Fsp3) is 0.222. The van der Waals surface area contributed by atoms with E-state index in [-0.39, 0.29) is 22.9 Å². The summed E-state index contributed by atoms with van der Waals surface area (Å²) in [4.78, 5) is 33.0. The van der Waals surface area contributed by atoms with E-state index in [1.54, 1.807) is 16.7 Å². The van der Waals surface area contributed by atoms with E-state index in [1.165, 1.54) is 6.92 Å². The Morgan fingerprint density at radius 3 is 2.56 bits per heavy atom. The summed E-state index contributed by atoms with van der Waals surface area (Å²) in [5, 5.41) is 2.78. The third-order valence-corrected chi connectivity index (χ3v) is 4.09. The number of carbonyl (C=O) groups is 1. The van der Waals surface area contributed by atoms with Crippen LogP contribution in [0.2, 0.25) is 5.15 Å². The van der Waals surface area contributed by atoms with Gasteiger partial charge in [0.15, 0.2) is 11.5 Å². The highest BCUT2D eigenvalue weighted by molar-refractivity contribution is 6.29. The van der Waals surface area contributed by atoms with Crippen LogP contribution in [-0.2, 0) is 4.79 Å². The summed E-state index contributed by atoms with van der Waals surface area (Å²) in [6.45, 7) is 3.32. The molecule has 1 unspecified atom stereocenters. The summed E-state index contributed by atoms with van der Waals surface area (Å²) in [6.07, 6.45) is 0.663. The van der Waals surface area contributed by atoms with Crippen LogP contribution in [-0.4, -0.2) is 20.4 Å². The van der Waals surface area contributed by atoms with E-state index < -0.39 is 5.56 Å². The number of anilines is 1. The van der Waals surface area contributed by atoms with E-state index in [2.05, 4.69) is 15.3 Å². The van der Waals surface area contributed by atoms with Gasteiger partial charge in [-0.3, -0.25) is 14.2 Å². The molecule has 0 saturated heterocycles. The predicted molar refractivity (Wildman–Crippen MR) is 98.0 cm³/mol. The average Bonchev–Trinajstić information content (AvgIpc) is 2.59. The maximum Gasteiger partial charge on any atom is 0.295 e. The van der Waals surface area contributed by atoms with Gasteiger partial charge < -0.3 is 5.32 Å². The minimum atomic E-state index is -0.409. The third kappa shape index (κ3) is 3.39. The molecule has 1 aromatic carbocycles. The first-order valence-corrected chi connectivity index (χ1v) is 8.30. The fourth-order valence-electron chi connectivity index (χ4n) is 2.84. The van der Waals surface area contributed by atoms with E-state index >= 15 is 0 Å². The summed E-state index contributed by atoms with van der Waals surface area (Å²) < 4.78 is 1.55. The Hall–Kier alpha value is -2.73. The number of hydrogen-bond donors (Lipinski definition) is 1. The molecule has 0 bridgehead atoms. The zero-order chi connectivity index (χ0) is 18.0. The number of halogens is 1. The summed E-state index contributed by atoms with van der Waals surface area (Å²) in [7, 11) is 0. The third-order valence-electron chi connectivity index (χ3n) is 3.88. The van der Waals surface area contributed by atoms with Crippen LogP contribution in [0.1, 0.15) is 31.9 Å². The lowest BCUT2D eigenvalue weighted by Crippen LogP contribution is -2.30. The molecule has 25 heavy (non-hydrogen) atoms. The second kappa shape index (κ2) is 7.03. The molecule has 0 spiro atoms. The van der Waals surface area contributed by atoms with Crippen molar-refractivity contribution in [3.05, 3.63) is 63.5 Å². The minimum Gasteiger partial charge on any atom is -0.306 e. The van der Waals surface area contributed by atoms with Crippen molar-refractivity contribution in [2.45, 2.75) is 26.3 Å². The first-order chi connectivity index (χ1) is 12.0. The van der Waals surface area contributed by atoms with Crippen molar-refractivity contribution in [3.63, 3.8) is 0 Å². The number of aromatic nitrogens is 3. The molecule has 6 nitrogen and oxygen atoms in total. The van der Waals surface area contributed by atoms with Gasteiger partial charge in [0, 0.05) is 6.92 Å². The van der Waals surface area contributed by atoms with Gasteiger partial charge in [0.1, 0.15) is 10.7 Å². The average molecular weight is 357 g/mol. The van der Waals surface area contributed by atoms with Crippen LogP contribution >= 0.6 is 11.6 Å². The maximum absolute atomic E-state index is 13.0. The number of hydrogen-bond acceptors (Lipinski definition) is 4. The number of nitrogens with one attached hydrogen (secondary N) is 1. The van der Waals surface area contributed by atoms with Gasteiger partial charge in [-0.1, -0.05) is 48.9 Å². The highest BCUT2D eigenvalue weighted by Gasteiger charge is 2.20. The smallest absolute Gasteiger partial charge is 0.295 e. The van der Waals surface area contributed by atoms with Crippen molar-refractivity contribution < 1.29 is 4.79 Å². The molecule has 0 radical (unpaired) electrons. The van der Waals surface area contributed by atoms with E-state index in [1.807, 2.05) is 37.3 Å². The van der Waals surface area contributed by atoms with Crippen LogP contribution in [0.15, 0.2) is 47.3 Å². The molecule has 2 heterocycles. The van der Waals surface area contributed by atoms with Gasteiger partial charge in [0.2, 0.25) is 5.91 Å². The first kappa shape index (κ1) is 17.1. The van der Waals surface area contributed by atoms with E-state index in [4.69, 9.17) is 11.6 Å². The number of nitrogens with zero attached hydrogens (tertiary/aromatic N) is 3. The second-order valence-electron chi connectivity index (χ2n) is 5.63. The quantitative estimate of drug-likeness (QED) is 0.727. The lowest BCUT2D eigenvalue weighted by Gasteiger charge is -2.21. The Labute approximate surface area is 149 Å². The van der Waals surface area contributed by atoms with Crippen molar-refractivity contribution in [2.75, 3.05) is 5.32 Å². The fourth-order valence-corrected chi connectivity index (χ4v) is 2.98. The Morgan fingerprint density at radius 2 is 1.92 bits per heavy atom. The van der Waals surface area contributed by atoms with Gasteiger partial charge in [-0.15, -0.1) is 0 Å². The monoisotopic (exact) mass is 356 g/mol. The molecule has 7 heteroatoms. The van der Waals surface area contributed by atoms with Crippen LogP contribution in [0.5, 0.6) is 0 Å². The summed E-state index contributed by atoms with van der Waals surface area (Å²) in [5.41, 5.74) is 1.44. The Morgan fingerprint density at radius 1 is 1.20 bits per heavy atom. The van der Waals surface area contributed by atoms with E-state index in [0.29, 0.717) is 17.6 Å². The normalized spacial score (nSPS) is 12.1. The number of benzene rings is 1. The molecule has 2 aromatic heterocycles. The van der Waals surface area contributed by atoms with Crippen LogP contribution in [0.3, 0.4) is 0 Å². The van der Waals surface area contributed by atoms with Crippen molar-refractivity contribution >= 4 is 34.5 Å². The number of carbonyl (C=O) groups excluding carboxylic acids is 1. The molecule has 128 valence electrons. The molecule has 1 N–H and O–H groups in total. The Balaban J connectivity index is 2.33. The zero-order valence-corrected chi connectivity index (χ0v) is 14.6. The van der Waals surface area contributed by atoms with Gasteiger partial charge in [-0.25, -0.2) is 9.97 Å². The van der Waals surface area contributed by atoms with Crippen LogP contribution in [0, 0.1) is 0 Å². The van der Waals surface area contributed by atoms with Crippen molar-refractivity contribution in [1.82, 2.24) is 14.5 Å². The molecule has 0 aliphatic carbocycles. The summed E-state index contributed by atoms with van der Waals surface area (Å²) in [5.74, 6) is -0.372. The number of amides is 1. The molecular formula is C18H17ClN4O2. The molecule has 1 atom stereocenters. The minimum absolute atomic E-state index is 0.0153. The van der Waals surface area contributed by atoms with Gasteiger partial charge >= 0.3 is 0 Å². The van der Waals surface area contributed by atoms with Crippen LogP contribution < -0.4 is 10.9 Å². The molecule has 3 rings (SSSR count). The largest absolute Gasteiger partial charge is 0.306 e. The molecule has 0 aliphatic rings. The topological polar surface area (TPSA) is 76.9 Å².